The number of benzene rings is 2. The summed E-state index contributed by atoms with van der Waals surface area (Å²) in [5.74, 6) is -0.386. The highest BCUT2D eigenvalue weighted by atomic mass is 35.5. The van der Waals surface area contributed by atoms with Crippen molar-refractivity contribution in [2.75, 3.05) is 5.32 Å². The number of aryl methyl sites for hydroxylation is 2. The Bertz CT molecular complexity index is 1520. The molecule has 7 nitrogen and oxygen atoms in total. The van der Waals surface area contributed by atoms with E-state index in [0.717, 1.165) is 16.6 Å². The average Bonchev–Trinajstić information content (AvgIpc) is 3.40. The Kier molecular flexibility index (Phi) is 5.59. The lowest BCUT2D eigenvalue weighted by atomic mass is 10.0. The number of hydrogen-bond donors (Lipinski definition) is 1. The zero-order chi connectivity index (χ0) is 23.8. The van der Waals surface area contributed by atoms with E-state index in [-0.39, 0.29) is 12.5 Å². The Labute approximate surface area is 199 Å². The van der Waals surface area contributed by atoms with E-state index >= 15 is 0 Å². The summed E-state index contributed by atoms with van der Waals surface area (Å²) in [4.78, 5) is 18.0. The minimum atomic E-state index is -0.407. The normalized spacial score (nSPS) is 11.2. The molecule has 0 radical (unpaired) electrons. The second-order valence-electron chi connectivity index (χ2n) is 7.93. The second-order valence-corrected chi connectivity index (χ2v) is 8.33. The lowest BCUT2D eigenvalue weighted by molar-refractivity contribution is 0.102. The van der Waals surface area contributed by atoms with E-state index in [4.69, 9.17) is 16.6 Å². The summed E-state index contributed by atoms with van der Waals surface area (Å²) in [5.41, 5.74) is 3.84. The topological polar surface area (TPSA) is 77.6 Å². The van der Waals surface area contributed by atoms with Crippen LogP contribution >= 0.6 is 11.6 Å². The summed E-state index contributed by atoms with van der Waals surface area (Å²) in [6.45, 7) is 2.05. The van der Waals surface area contributed by atoms with Crippen molar-refractivity contribution >= 4 is 34.2 Å². The van der Waals surface area contributed by atoms with Crippen molar-refractivity contribution in [3.8, 4) is 11.3 Å². The fourth-order valence-electron chi connectivity index (χ4n) is 3.90. The number of nitrogens with one attached hydrogen (secondary N) is 1. The van der Waals surface area contributed by atoms with Crippen LogP contribution < -0.4 is 5.32 Å². The lowest BCUT2D eigenvalue weighted by Crippen LogP contribution is -2.14. The highest BCUT2D eigenvalue weighted by Gasteiger charge is 2.17. The Morgan fingerprint density at radius 2 is 1.94 bits per heavy atom. The molecule has 0 unspecified atom stereocenters. The molecule has 0 aliphatic carbocycles. The maximum atomic E-state index is 14.1. The van der Waals surface area contributed by atoms with Crippen molar-refractivity contribution in [1.29, 1.82) is 0 Å². The monoisotopic (exact) mass is 474 g/mol. The van der Waals surface area contributed by atoms with Gasteiger partial charge in [-0.1, -0.05) is 35.9 Å². The maximum Gasteiger partial charge on any atom is 0.257 e. The highest BCUT2D eigenvalue weighted by Crippen LogP contribution is 2.27. The third kappa shape index (κ3) is 4.15. The van der Waals surface area contributed by atoms with Gasteiger partial charge < -0.3 is 5.32 Å². The molecule has 0 spiro atoms. The molecule has 5 rings (SSSR count). The third-order valence-corrected chi connectivity index (χ3v) is 5.87. The molecule has 2 aromatic carbocycles. The third-order valence-electron chi connectivity index (χ3n) is 5.51. The summed E-state index contributed by atoms with van der Waals surface area (Å²) < 4.78 is 17.4. The van der Waals surface area contributed by atoms with Crippen LogP contribution in [0.3, 0.4) is 0 Å². The van der Waals surface area contributed by atoms with Crippen LogP contribution in [0.2, 0.25) is 5.02 Å². The van der Waals surface area contributed by atoms with Gasteiger partial charge in [0, 0.05) is 47.0 Å². The summed E-state index contributed by atoms with van der Waals surface area (Å²) in [5, 5.41) is 12.6. The maximum absolute atomic E-state index is 14.1. The van der Waals surface area contributed by atoms with Gasteiger partial charge >= 0.3 is 0 Å². The molecule has 0 atom stereocenters. The minimum Gasteiger partial charge on any atom is -0.305 e. The molecular formula is C25H20ClFN6O. The van der Waals surface area contributed by atoms with Crippen LogP contribution in [0.1, 0.15) is 21.6 Å². The molecule has 1 amide bonds. The van der Waals surface area contributed by atoms with Crippen LogP contribution in [0.4, 0.5) is 10.2 Å². The quantitative estimate of drug-likeness (QED) is 0.378. The number of amides is 1. The summed E-state index contributed by atoms with van der Waals surface area (Å²) in [7, 11) is 1.84. The van der Waals surface area contributed by atoms with E-state index in [1.165, 1.54) is 10.7 Å². The Hall–Kier alpha value is -4.04. The predicted octanol–water partition coefficient (Wildman–Crippen LogP) is 5.23. The number of carbonyl (C=O) groups excluding carboxylic acids is 1. The van der Waals surface area contributed by atoms with E-state index in [0.29, 0.717) is 33.2 Å². The van der Waals surface area contributed by atoms with Crippen LogP contribution in [0.25, 0.3) is 22.2 Å². The Morgan fingerprint density at radius 1 is 1.12 bits per heavy atom. The summed E-state index contributed by atoms with van der Waals surface area (Å²) in [6, 6.07) is 15.4. The second kappa shape index (κ2) is 8.72. The number of nitrogens with zero attached hydrogens (tertiary/aromatic N) is 5. The van der Waals surface area contributed by atoms with Crippen LogP contribution in [-0.4, -0.2) is 30.5 Å². The number of para-hydroxylation sites is 1. The first-order chi connectivity index (χ1) is 16.4. The van der Waals surface area contributed by atoms with Gasteiger partial charge in [0.25, 0.3) is 5.91 Å². The molecule has 0 saturated carbocycles. The van der Waals surface area contributed by atoms with Gasteiger partial charge in [-0.25, -0.2) is 9.37 Å². The molecule has 9 heteroatoms. The van der Waals surface area contributed by atoms with Crippen molar-refractivity contribution in [3.05, 3.63) is 94.7 Å². The van der Waals surface area contributed by atoms with Crippen molar-refractivity contribution < 1.29 is 9.18 Å². The van der Waals surface area contributed by atoms with Gasteiger partial charge in [0.2, 0.25) is 0 Å². The standard InChI is InChI=1S/C25H20ClFN6O/c1-15-18(13-32(2)30-15)23-12-17(16-6-3-4-9-22(16)28-23)25(34)29-24-10-11-33(31-24)14-19-20(26)7-5-8-21(19)27/h3-13H,14H2,1-2H3,(H,29,31,34). The van der Waals surface area contributed by atoms with Gasteiger partial charge in [-0.3, -0.25) is 14.2 Å². The Balaban J connectivity index is 1.46. The van der Waals surface area contributed by atoms with Gasteiger partial charge in [-0.05, 0) is 31.2 Å². The fourth-order valence-corrected chi connectivity index (χ4v) is 4.12. The van der Waals surface area contributed by atoms with E-state index < -0.39 is 5.82 Å². The summed E-state index contributed by atoms with van der Waals surface area (Å²) >= 11 is 6.12. The Morgan fingerprint density at radius 3 is 2.71 bits per heavy atom. The molecular weight excluding hydrogens is 455 g/mol. The minimum absolute atomic E-state index is 0.143. The smallest absolute Gasteiger partial charge is 0.257 e. The number of halogens is 2. The van der Waals surface area contributed by atoms with Crippen LogP contribution in [-0.2, 0) is 13.6 Å². The van der Waals surface area contributed by atoms with Crippen molar-refractivity contribution in [2.45, 2.75) is 13.5 Å². The van der Waals surface area contributed by atoms with Gasteiger partial charge in [0.1, 0.15) is 5.82 Å². The molecule has 5 aromatic rings. The number of fused-ring (bicyclic) bond motifs is 1. The van der Waals surface area contributed by atoms with Gasteiger partial charge in [0.05, 0.1) is 29.0 Å². The van der Waals surface area contributed by atoms with Crippen molar-refractivity contribution in [3.63, 3.8) is 0 Å². The molecule has 0 aliphatic rings. The number of carbonyl (C=O) groups is 1. The van der Waals surface area contributed by atoms with Crippen LogP contribution in [0.15, 0.2) is 67.0 Å². The predicted molar refractivity (Wildman–Crippen MR) is 129 cm³/mol. The number of pyridine rings is 1. The zero-order valence-corrected chi connectivity index (χ0v) is 19.2. The first-order valence-electron chi connectivity index (χ1n) is 10.6. The van der Waals surface area contributed by atoms with Gasteiger partial charge in [0.15, 0.2) is 5.82 Å². The van der Waals surface area contributed by atoms with Crippen molar-refractivity contribution in [2.24, 2.45) is 7.05 Å². The first-order valence-corrected chi connectivity index (χ1v) is 10.9. The number of anilines is 1. The van der Waals surface area contributed by atoms with Crippen molar-refractivity contribution in [1.82, 2.24) is 24.5 Å². The van der Waals surface area contributed by atoms with E-state index in [9.17, 15) is 9.18 Å². The zero-order valence-electron chi connectivity index (χ0n) is 18.5. The highest BCUT2D eigenvalue weighted by molar-refractivity contribution is 6.31. The molecule has 3 aromatic heterocycles. The molecule has 1 N–H and O–H groups in total. The van der Waals surface area contributed by atoms with Gasteiger partial charge in [-0.15, -0.1) is 0 Å². The molecule has 3 heterocycles. The van der Waals surface area contributed by atoms with Crippen LogP contribution in [0, 0.1) is 12.7 Å². The van der Waals surface area contributed by atoms with Gasteiger partial charge in [-0.2, -0.15) is 10.2 Å². The van der Waals surface area contributed by atoms with E-state index in [1.54, 1.807) is 35.1 Å². The molecule has 0 aliphatic heterocycles. The number of aromatic nitrogens is 5. The molecule has 0 saturated heterocycles. The number of rotatable bonds is 5. The molecule has 0 bridgehead atoms. The average molecular weight is 475 g/mol. The molecule has 0 fully saturated rings. The largest absolute Gasteiger partial charge is 0.305 e. The van der Waals surface area contributed by atoms with E-state index in [2.05, 4.69) is 15.5 Å². The summed E-state index contributed by atoms with van der Waals surface area (Å²) in [6.07, 6.45) is 3.54. The number of hydrogen-bond acceptors (Lipinski definition) is 4. The molecule has 34 heavy (non-hydrogen) atoms. The fraction of sp³-hybridized carbons (Fsp3) is 0.120. The van der Waals surface area contributed by atoms with E-state index in [1.807, 2.05) is 44.4 Å². The molecule has 170 valence electrons. The SMILES string of the molecule is Cc1nn(C)cc1-c1cc(C(=O)Nc2ccn(Cc3c(F)cccc3Cl)n2)c2ccccc2n1. The lowest BCUT2D eigenvalue weighted by Gasteiger charge is -2.09. The first kappa shape index (κ1) is 21.8. The van der Waals surface area contributed by atoms with Crippen LogP contribution in [0.5, 0.6) is 0 Å².